The molecule has 0 unspecified atom stereocenters. The monoisotopic (exact) mass is 277 g/mol. The van der Waals surface area contributed by atoms with Gasteiger partial charge < -0.3 is 4.74 Å². The molecule has 0 atom stereocenters. The second kappa shape index (κ2) is 6.29. The van der Waals surface area contributed by atoms with E-state index in [1.165, 1.54) is 11.3 Å². The van der Waals surface area contributed by atoms with Gasteiger partial charge in [-0.2, -0.15) is 0 Å². The van der Waals surface area contributed by atoms with Crippen molar-refractivity contribution in [2.24, 2.45) is 0 Å². The van der Waals surface area contributed by atoms with Crippen LogP contribution < -0.4 is 5.32 Å². The largest absolute Gasteiger partial charge is 0.447 e. The Hall–Kier alpha value is -1.95. The molecule has 1 amide bonds. The van der Waals surface area contributed by atoms with Gasteiger partial charge in [0.1, 0.15) is 5.01 Å². The molecule has 2 rings (SSSR count). The standard InChI is InChI=1S/C13H15N3O2S/c1-9(2)18-13(17)14-12-16-15-11(19-12)8-10-6-4-3-5-7-10/h3-7,9H,8H2,1-2H3,(H,14,16,17). The van der Waals surface area contributed by atoms with E-state index in [9.17, 15) is 4.79 Å². The summed E-state index contributed by atoms with van der Waals surface area (Å²) in [6.45, 7) is 3.58. The summed E-state index contributed by atoms with van der Waals surface area (Å²) < 4.78 is 4.97. The lowest BCUT2D eigenvalue weighted by molar-refractivity contribution is 0.130. The number of carbonyl (C=O) groups excluding carboxylic acids is 1. The lowest BCUT2D eigenvalue weighted by Gasteiger charge is -2.06. The number of aromatic nitrogens is 2. The number of nitrogens with zero attached hydrogens (tertiary/aromatic N) is 2. The topological polar surface area (TPSA) is 64.1 Å². The maximum absolute atomic E-state index is 11.4. The summed E-state index contributed by atoms with van der Waals surface area (Å²) in [4.78, 5) is 11.4. The van der Waals surface area contributed by atoms with E-state index in [0.717, 1.165) is 10.6 Å². The average molecular weight is 277 g/mol. The molecule has 1 aromatic heterocycles. The van der Waals surface area contributed by atoms with Crippen molar-refractivity contribution in [2.75, 3.05) is 5.32 Å². The molecule has 5 nitrogen and oxygen atoms in total. The van der Waals surface area contributed by atoms with E-state index < -0.39 is 6.09 Å². The van der Waals surface area contributed by atoms with E-state index in [4.69, 9.17) is 4.74 Å². The first-order chi connectivity index (χ1) is 9.13. The van der Waals surface area contributed by atoms with Gasteiger partial charge in [-0.05, 0) is 19.4 Å². The highest BCUT2D eigenvalue weighted by Gasteiger charge is 2.10. The van der Waals surface area contributed by atoms with Crippen molar-refractivity contribution >= 4 is 22.6 Å². The fourth-order valence-electron chi connectivity index (χ4n) is 1.48. The maximum atomic E-state index is 11.4. The quantitative estimate of drug-likeness (QED) is 0.932. The van der Waals surface area contributed by atoms with Gasteiger partial charge in [-0.1, -0.05) is 41.7 Å². The highest BCUT2D eigenvalue weighted by atomic mass is 32.1. The SMILES string of the molecule is CC(C)OC(=O)Nc1nnc(Cc2ccccc2)s1. The van der Waals surface area contributed by atoms with Crippen LogP contribution in [0.3, 0.4) is 0 Å². The van der Waals surface area contributed by atoms with Crippen LogP contribution in [0, 0.1) is 0 Å². The predicted octanol–water partition coefficient (Wildman–Crippen LogP) is 3.09. The third-order valence-corrected chi connectivity index (χ3v) is 3.06. The van der Waals surface area contributed by atoms with Crippen molar-refractivity contribution in [2.45, 2.75) is 26.4 Å². The van der Waals surface area contributed by atoms with E-state index in [0.29, 0.717) is 11.6 Å². The fourth-order valence-corrected chi connectivity index (χ4v) is 2.24. The molecule has 0 bridgehead atoms. The third kappa shape index (κ3) is 4.33. The third-order valence-electron chi connectivity index (χ3n) is 2.22. The Labute approximate surface area is 115 Å². The summed E-state index contributed by atoms with van der Waals surface area (Å²) in [5.41, 5.74) is 1.16. The molecule has 0 aliphatic carbocycles. The molecule has 1 heterocycles. The normalized spacial score (nSPS) is 10.5. The number of amides is 1. The van der Waals surface area contributed by atoms with Crippen LogP contribution in [0.5, 0.6) is 0 Å². The van der Waals surface area contributed by atoms with Gasteiger partial charge in [-0.25, -0.2) is 4.79 Å². The number of anilines is 1. The molecule has 1 aromatic carbocycles. The van der Waals surface area contributed by atoms with Crippen LogP contribution in [-0.4, -0.2) is 22.4 Å². The molecular formula is C13H15N3O2S. The van der Waals surface area contributed by atoms with Gasteiger partial charge >= 0.3 is 6.09 Å². The Morgan fingerprint density at radius 1 is 1.32 bits per heavy atom. The minimum Gasteiger partial charge on any atom is -0.447 e. The van der Waals surface area contributed by atoms with E-state index in [2.05, 4.69) is 15.5 Å². The second-order valence-electron chi connectivity index (χ2n) is 4.24. The molecule has 100 valence electrons. The molecule has 0 fully saturated rings. The van der Waals surface area contributed by atoms with E-state index in [1.54, 1.807) is 13.8 Å². The van der Waals surface area contributed by atoms with Crippen LogP contribution in [0.1, 0.15) is 24.4 Å². The average Bonchev–Trinajstić information content (AvgIpc) is 2.76. The zero-order valence-corrected chi connectivity index (χ0v) is 11.6. The number of benzene rings is 1. The Morgan fingerprint density at radius 3 is 2.74 bits per heavy atom. The Kier molecular flexibility index (Phi) is 4.46. The zero-order chi connectivity index (χ0) is 13.7. The number of ether oxygens (including phenoxy) is 1. The highest BCUT2D eigenvalue weighted by molar-refractivity contribution is 7.15. The van der Waals surface area contributed by atoms with Gasteiger partial charge in [0.15, 0.2) is 0 Å². The summed E-state index contributed by atoms with van der Waals surface area (Å²) in [5.74, 6) is 0. The number of rotatable bonds is 4. The van der Waals surface area contributed by atoms with Gasteiger partial charge in [0.25, 0.3) is 0 Å². The predicted molar refractivity (Wildman–Crippen MR) is 74.4 cm³/mol. The van der Waals surface area contributed by atoms with Gasteiger partial charge in [0.05, 0.1) is 6.10 Å². The maximum Gasteiger partial charge on any atom is 0.413 e. The number of nitrogens with one attached hydrogen (secondary N) is 1. The Morgan fingerprint density at radius 2 is 2.05 bits per heavy atom. The fraction of sp³-hybridized carbons (Fsp3) is 0.308. The van der Waals surface area contributed by atoms with Crippen molar-refractivity contribution in [3.8, 4) is 0 Å². The summed E-state index contributed by atoms with van der Waals surface area (Å²) >= 11 is 1.35. The number of carbonyl (C=O) groups is 1. The van der Waals surface area contributed by atoms with Crippen LogP contribution in [0.4, 0.5) is 9.93 Å². The van der Waals surface area contributed by atoms with Crippen molar-refractivity contribution in [3.05, 3.63) is 40.9 Å². The molecule has 2 aromatic rings. The van der Waals surface area contributed by atoms with Crippen molar-refractivity contribution in [1.82, 2.24) is 10.2 Å². The molecule has 1 N–H and O–H groups in total. The van der Waals surface area contributed by atoms with Gasteiger partial charge in [-0.3, -0.25) is 5.32 Å². The number of hydrogen-bond acceptors (Lipinski definition) is 5. The lowest BCUT2D eigenvalue weighted by Crippen LogP contribution is -2.17. The Balaban J connectivity index is 1.94. The second-order valence-corrected chi connectivity index (χ2v) is 5.30. The van der Waals surface area contributed by atoms with Crippen molar-refractivity contribution in [1.29, 1.82) is 0 Å². The molecule has 6 heteroatoms. The van der Waals surface area contributed by atoms with Crippen LogP contribution in [-0.2, 0) is 11.2 Å². The number of hydrogen-bond donors (Lipinski definition) is 1. The molecule has 0 saturated heterocycles. The van der Waals surface area contributed by atoms with Crippen LogP contribution in [0.25, 0.3) is 0 Å². The van der Waals surface area contributed by atoms with Gasteiger partial charge in [0.2, 0.25) is 5.13 Å². The molecule has 0 aliphatic heterocycles. The van der Waals surface area contributed by atoms with Crippen LogP contribution in [0.2, 0.25) is 0 Å². The highest BCUT2D eigenvalue weighted by Crippen LogP contribution is 2.18. The first kappa shape index (κ1) is 13.5. The first-order valence-electron chi connectivity index (χ1n) is 5.97. The molecule has 0 radical (unpaired) electrons. The van der Waals surface area contributed by atoms with Gasteiger partial charge in [-0.15, -0.1) is 10.2 Å². The smallest absolute Gasteiger partial charge is 0.413 e. The molecule has 0 saturated carbocycles. The first-order valence-corrected chi connectivity index (χ1v) is 6.79. The van der Waals surface area contributed by atoms with E-state index in [1.807, 2.05) is 30.3 Å². The molecule has 19 heavy (non-hydrogen) atoms. The summed E-state index contributed by atoms with van der Waals surface area (Å²) in [6, 6.07) is 9.99. The van der Waals surface area contributed by atoms with E-state index >= 15 is 0 Å². The summed E-state index contributed by atoms with van der Waals surface area (Å²) in [7, 11) is 0. The summed E-state index contributed by atoms with van der Waals surface area (Å²) in [5, 5.41) is 11.8. The van der Waals surface area contributed by atoms with Crippen LogP contribution in [0.15, 0.2) is 30.3 Å². The van der Waals surface area contributed by atoms with E-state index in [-0.39, 0.29) is 6.10 Å². The molecular weight excluding hydrogens is 262 g/mol. The molecule has 0 aliphatic rings. The van der Waals surface area contributed by atoms with Crippen LogP contribution >= 0.6 is 11.3 Å². The lowest BCUT2D eigenvalue weighted by atomic mass is 10.2. The van der Waals surface area contributed by atoms with Crippen molar-refractivity contribution < 1.29 is 9.53 Å². The molecule has 0 spiro atoms. The Bertz CT molecular complexity index is 540. The zero-order valence-electron chi connectivity index (χ0n) is 10.8. The van der Waals surface area contributed by atoms with Crippen molar-refractivity contribution in [3.63, 3.8) is 0 Å². The minimum atomic E-state index is -0.502. The summed E-state index contributed by atoms with van der Waals surface area (Å²) in [6.07, 6.45) is 0.0495. The van der Waals surface area contributed by atoms with Gasteiger partial charge in [0, 0.05) is 6.42 Å². The minimum absolute atomic E-state index is 0.156.